The first-order chi connectivity index (χ1) is 16.2. The van der Waals surface area contributed by atoms with Crippen LogP contribution in [0.4, 0.5) is 0 Å². The summed E-state index contributed by atoms with van der Waals surface area (Å²) in [6, 6.07) is 13.0. The second-order valence-electron chi connectivity index (χ2n) is 11.5. The summed E-state index contributed by atoms with van der Waals surface area (Å²) in [4.78, 5) is 2.22. The first-order valence-corrected chi connectivity index (χ1v) is 16.1. The average Bonchev–Trinajstić information content (AvgIpc) is 3.29. The zero-order valence-corrected chi connectivity index (χ0v) is 24.0. The largest absolute Gasteiger partial charge is 0.310 e. The Balaban J connectivity index is 0.000000193. The third-order valence-corrected chi connectivity index (χ3v) is 13.4. The zero-order valence-electron chi connectivity index (χ0n) is 22.0. The first-order valence-electron chi connectivity index (χ1n) is 14.4. The van der Waals surface area contributed by atoms with Gasteiger partial charge in [0.25, 0.3) is 0 Å². The molecule has 2 aromatic rings. The molecule has 0 atom stereocenters. The maximum absolute atomic E-state index is 2.24. The molecule has 0 aliphatic heterocycles. The van der Waals surface area contributed by atoms with Gasteiger partial charge in [0.1, 0.15) is 0 Å². The van der Waals surface area contributed by atoms with Crippen molar-refractivity contribution in [2.24, 2.45) is 0 Å². The number of rotatable bonds is 6. The smallest absolute Gasteiger partial charge is 0.0680 e. The molecule has 3 aliphatic carbocycles. The SMILES string of the molecule is C1CCC([PH+](C2CCCCC2)C2CCCCC2)CC1.CN(C)CC[c-]1ccc2ccccc21.[Ni]. The number of hydrogen-bond acceptors (Lipinski definition) is 1. The molecule has 3 aliphatic rings. The molecule has 0 bridgehead atoms. The third-order valence-electron chi connectivity index (χ3n) is 8.83. The van der Waals surface area contributed by atoms with E-state index in [1.54, 1.807) is 96.3 Å². The molecule has 3 fully saturated rings. The fourth-order valence-corrected chi connectivity index (χ4v) is 12.3. The van der Waals surface area contributed by atoms with E-state index < -0.39 is 0 Å². The minimum Gasteiger partial charge on any atom is -0.310 e. The topological polar surface area (TPSA) is 3.24 Å². The van der Waals surface area contributed by atoms with Gasteiger partial charge in [-0.25, -0.2) is 0 Å². The van der Waals surface area contributed by atoms with Crippen molar-refractivity contribution in [1.82, 2.24) is 4.90 Å². The Morgan fingerprint density at radius 3 is 1.65 bits per heavy atom. The van der Waals surface area contributed by atoms with Crippen LogP contribution in [0, 0.1) is 0 Å². The van der Waals surface area contributed by atoms with E-state index >= 15 is 0 Å². The van der Waals surface area contributed by atoms with Gasteiger partial charge in [0.2, 0.25) is 0 Å². The fourth-order valence-electron chi connectivity index (χ4n) is 7.08. The van der Waals surface area contributed by atoms with Crippen LogP contribution in [0.1, 0.15) is 102 Å². The van der Waals surface area contributed by atoms with Crippen LogP contribution < -0.4 is 0 Å². The van der Waals surface area contributed by atoms with Crippen molar-refractivity contribution in [2.75, 3.05) is 20.6 Å². The number of benzene rings is 1. The molecular formula is C31H50NNiP. The van der Waals surface area contributed by atoms with Gasteiger partial charge < -0.3 is 4.90 Å². The van der Waals surface area contributed by atoms with E-state index in [0.29, 0.717) is 0 Å². The predicted octanol–water partition coefficient (Wildman–Crippen LogP) is 8.86. The van der Waals surface area contributed by atoms with Crippen LogP contribution in [-0.2, 0) is 22.9 Å². The van der Waals surface area contributed by atoms with E-state index in [2.05, 4.69) is 55.4 Å². The summed E-state index contributed by atoms with van der Waals surface area (Å²) in [5, 5.41) is 2.77. The number of nitrogens with zero attached hydrogens (tertiary/aromatic N) is 1. The third kappa shape index (κ3) is 8.12. The molecule has 0 aromatic heterocycles. The molecule has 0 saturated heterocycles. The van der Waals surface area contributed by atoms with E-state index in [4.69, 9.17) is 0 Å². The summed E-state index contributed by atoms with van der Waals surface area (Å²) in [5.74, 6) is 0. The van der Waals surface area contributed by atoms with Crippen LogP contribution in [0.2, 0.25) is 0 Å². The monoisotopic (exact) mass is 525 g/mol. The molecule has 0 unspecified atom stereocenters. The molecule has 3 heteroatoms. The van der Waals surface area contributed by atoms with Crippen molar-refractivity contribution in [2.45, 2.75) is 120 Å². The summed E-state index contributed by atoms with van der Waals surface area (Å²) < 4.78 is 0. The Morgan fingerprint density at radius 1 is 0.706 bits per heavy atom. The Labute approximate surface area is 221 Å². The summed E-state index contributed by atoms with van der Waals surface area (Å²) >= 11 is 0. The van der Waals surface area contributed by atoms with Crippen LogP contribution in [0.15, 0.2) is 36.4 Å². The number of fused-ring (bicyclic) bond motifs is 1. The first kappa shape index (κ1) is 28.3. The molecule has 0 N–H and O–H groups in total. The molecule has 34 heavy (non-hydrogen) atoms. The van der Waals surface area contributed by atoms with Gasteiger partial charge in [-0.15, -0.1) is 40.6 Å². The Bertz CT molecular complexity index is 754. The van der Waals surface area contributed by atoms with Crippen molar-refractivity contribution in [3.63, 3.8) is 0 Å². The summed E-state index contributed by atoms with van der Waals surface area (Å²) in [5.41, 5.74) is 5.15. The fraction of sp³-hybridized carbons (Fsp3) is 0.710. The Morgan fingerprint density at radius 2 is 1.18 bits per heavy atom. The molecule has 0 heterocycles. The number of likely N-dealkylation sites (N-methyl/N-ethyl adjacent to an activating group) is 1. The van der Waals surface area contributed by atoms with Gasteiger partial charge >= 0.3 is 0 Å². The molecule has 2 aromatic carbocycles. The quantitative estimate of drug-likeness (QED) is 0.207. The van der Waals surface area contributed by atoms with Crippen molar-refractivity contribution in [3.8, 4) is 0 Å². The normalized spacial score (nSPS) is 20.8. The molecule has 3 saturated carbocycles. The standard InChI is InChI=1S/C18H33P.C13H16N.Ni/c1-4-10-16(11-5-1)19(17-12-6-2-7-13-17)18-14-8-3-9-15-18;1-14(2)10-9-12-8-7-11-5-3-4-6-13(11)12;/h16-18H,1-15H2;3-8H,9-10H2,1-2H3;/q;-1;/p+1. The van der Waals surface area contributed by atoms with Crippen molar-refractivity contribution in [3.05, 3.63) is 42.0 Å². The minimum absolute atomic E-state index is 0. The molecule has 1 nitrogen and oxygen atoms in total. The van der Waals surface area contributed by atoms with Crippen LogP contribution in [0.5, 0.6) is 0 Å². The van der Waals surface area contributed by atoms with E-state index in [1.165, 1.54) is 33.3 Å². The van der Waals surface area contributed by atoms with Gasteiger partial charge in [0, 0.05) is 24.4 Å². The van der Waals surface area contributed by atoms with Crippen LogP contribution in [0.3, 0.4) is 0 Å². The Hall–Kier alpha value is -0.286. The maximum Gasteiger partial charge on any atom is 0.0680 e. The van der Waals surface area contributed by atoms with E-state index in [1.807, 2.05) is 0 Å². The van der Waals surface area contributed by atoms with Gasteiger partial charge in [0.15, 0.2) is 0 Å². The predicted molar refractivity (Wildman–Crippen MR) is 151 cm³/mol. The second-order valence-corrected chi connectivity index (χ2v) is 15.0. The summed E-state index contributed by atoms with van der Waals surface area (Å²) in [7, 11) is 4.19. The van der Waals surface area contributed by atoms with Crippen molar-refractivity contribution in [1.29, 1.82) is 0 Å². The van der Waals surface area contributed by atoms with Gasteiger partial charge in [-0.3, -0.25) is 0 Å². The molecule has 0 amide bonds. The summed E-state index contributed by atoms with van der Waals surface area (Å²) in [6.07, 6.45) is 24.9. The van der Waals surface area contributed by atoms with Crippen LogP contribution >= 0.6 is 7.92 Å². The summed E-state index contributed by atoms with van der Waals surface area (Å²) in [6.45, 7) is 1.12. The maximum atomic E-state index is 2.24. The molecule has 5 rings (SSSR count). The molecule has 0 spiro atoms. The van der Waals surface area contributed by atoms with Crippen molar-refractivity contribution < 1.29 is 16.5 Å². The van der Waals surface area contributed by atoms with E-state index in [0.717, 1.165) is 13.0 Å². The van der Waals surface area contributed by atoms with Gasteiger partial charge in [-0.05, 0) is 104 Å². The molecule has 194 valence electrons. The second kappa shape index (κ2) is 15.1. The number of hydrogen-bond donors (Lipinski definition) is 0. The minimum atomic E-state index is -0.0465. The van der Waals surface area contributed by atoms with Gasteiger partial charge in [-0.2, -0.15) is 6.07 Å². The van der Waals surface area contributed by atoms with Crippen LogP contribution in [-0.4, -0.2) is 42.5 Å². The van der Waals surface area contributed by atoms with E-state index in [9.17, 15) is 0 Å². The Kier molecular flexibility index (Phi) is 12.5. The average molecular weight is 526 g/mol. The molecular weight excluding hydrogens is 476 g/mol. The molecule has 0 radical (unpaired) electrons. The van der Waals surface area contributed by atoms with Crippen LogP contribution in [0.25, 0.3) is 10.8 Å². The van der Waals surface area contributed by atoms with Gasteiger partial charge in [0.05, 0.1) is 17.0 Å². The van der Waals surface area contributed by atoms with E-state index in [-0.39, 0.29) is 24.4 Å². The van der Waals surface area contributed by atoms with Crippen molar-refractivity contribution >= 4 is 18.7 Å². The van der Waals surface area contributed by atoms with Gasteiger partial charge in [-0.1, -0.05) is 25.3 Å². The zero-order chi connectivity index (χ0) is 22.9.